The van der Waals surface area contributed by atoms with E-state index in [0.29, 0.717) is 12.1 Å². The molecule has 0 saturated heterocycles. The molecular weight excluding hydrogens is 386 g/mol. The number of carbonyl (C=O) groups is 2. The highest BCUT2D eigenvalue weighted by Gasteiger charge is 2.21. The molecule has 0 aliphatic rings. The molecule has 1 unspecified atom stereocenters. The van der Waals surface area contributed by atoms with Crippen molar-refractivity contribution in [3.8, 4) is 0 Å². The van der Waals surface area contributed by atoms with E-state index in [9.17, 15) is 14.4 Å². The van der Waals surface area contributed by atoms with Gasteiger partial charge in [-0.2, -0.15) is 4.98 Å². The van der Waals surface area contributed by atoms with Crippen molar-refractivity contribution in [3.63, 3.8) is 0 Å². The predicted molar refractivity (Wildman–Crippen MR) is 114 cm³/mol. The minimum Gasteiger partial charge on any atom is -0.368 e. The Labute approximate surface area is 172 Å². The molecule has 156 valence electrons. The van der Waals surface area contributed by atoms with Gasteiger partial charge in [0.15, 0.2) is 5.82 Å². The summed E-state index contributed by atoms with van der Waals surface area (Å²) in [5, 5.41) is 6.64. The van der Waals surface area contributed by atoms with Crippen molar-refractivity contribution in [1.29, 1.82) is 0 Å². The molecule has 0 aliphatic carbocycles. The SMILES string of the molecule is CC(C)CC(Nc1nc(Nc2ccc3ncccc3c2)c(C(N)=O)c(=O)[nH]1)C(N)=O. The van der Waals surface area contributed by atoms with Crippen LogP contribution < -0.4 is 27.7 Å². The van der Waals surface area contributed by atoms with Crippen LogP contribution in [0.1, 0.15) is 30.6 Å². The van der Waals surface area contributed by atoms with Crippen molar-refractivity contribution >= 4 is 40.2 Å². The number of primary amides is 2. The third-order valence-electron chi connectivity index (χ3n) is 4.39. The molecule has 0 spiro atoms. The number of aromatic nitrogens is 3. The highest BCUT2D eigenvalue weighted by Crippen LogP contribution is 2.22. The number of H-pyrrole nitrogens is 1. The van der Waals surface area contributed by atoms with E-state index in [4.69, 9.17) is 11.5 Å². The molecule has 0 fully saturated rings. The summed E-state index contributed by atoms with van der Waals surface area (Å²) in [6.45, 7) is 3.87. The van der Waals surface area contributed by atoms with Crippen LogP contribution in [0.5, 0.6) is 0 Å². The maximum absolute atomic E-state index is 12.5. The lowest BCUT2D eigenvalue weighted by Gasteiger charge is -2.18. The topological polar surface area (TPSA) is 169 Å². The summed E-state index contributed by atoms with van der Waals surface area (Å²) in [4.78, 5) is 47.0. The van der Waals surface area contributed by atoms with Crippen molar-refractivity contribution in [2.24, 2.45) is 17.4 Å². The number of nitrogens with zero attached hydrogens (tertiary/aromatic N) is 2. The first-order valence-electron chi connectivity index (χ1n) is 9.36. The van der Waals surface area contributed by atoms with Gasteiger partial charge in [-0.05, 0) is 36.6 Å². The van der Waals surface area contributed by atoms with E-state index in [0.717, 1.165) is 10.9 Å². The van der Waals surface area contributed by atoms with Gasteiger partial charge in [-0.1, -0.05) is 19.9 Å². The molecule has 0 bridgehead atoms. The second-order valence-corrected chi connectivity index (χ2v) is 7.27. The Morgan fingerprint density at radius 1 is 1.20 bits per heavy atom. The molecule has 10 nitrogen and oxygen atoms in total. The van der Waals surface area contributed by atoms with Crippen molar-refractivity contribution in [2.75, 3.05) is 10.6 Å². The molecule has 3 rings (SSSR count). The van der Waals surface area contributed by atoms with Gasteiger partial charge < -0.3 is 22.1 Å². The first-order chi connectivity index (χ1) is 14.2. The second-order valence-electron chi connectivity index (χ2n) is 7.27. The number of fused-ring (bicyclic) bond motifs is 1. The van der Waals surface area contributed by atoms with Gasteiger partial charge in [0.25, 0.3) is 11.5 Å². The Morgan fingerprint density at radius 3 is 2.63 bits per heavy atom. The number of nitrogens with one attached hydrogen (secondary N) is 3. The summed E-state index contributed by atoms with van der Waals surface area (Å²) in [5.74, 6) is -1.38. The molecule has 2 heterocycles. The zero-order valence-electron chi connectivity index (χ0n) is 16.6. The highest BCUT2D eigenvalue weighted by atomic mass is 16.2. The number of pyridine rings is 1. The molecule has 1 aromatic carbocycles. The normalized spacial score (nSPS) is 12.0. The third-order valence-corrected chi connectivity index (χ3v) is 4.39. The quantitative estimate of drug-likeness (QED) is 0.375. The summed E-state index contributed by atoms with van der Waals surface area (Å²) >= 11 is 0. The number of carbonyl (C=O) groups excluding carboxylic acids is 2. The average Bonchev–Trinajstić information content (AvgIpc) is 2.66. The molecular formula is C20H23N7O3. The molecule has 3 aromatic rings. The lowest BCUT2D eigenvalue weighted by Crippen LogP contribution is -2.38. The van der Waals surface area contributed by atoms with Gasteiger partial charge in [-0.3, -0.25) is 24.4 Å². The van der Waals surface area contributed by atoms with Crippen LogP contribution in [0.15, 0.2) is 41.3 Å². The van der Waals surface area contributed by atoms with Gasteiger partial charge in [0.05, 0.1) is 5.52 Å². The third kappa shape index (κ3) is 4.72. The summed E-state index contributed by atoms with van der Waals surface area (Å²) in [7, 11) is 0. The van der Waals surface area contributed by atoms with E-state index in [1.807, 2.05) is 19.9 Å². The van der Waals surface area contributed by atoms with Crippen LogP contribution in [0, 0.1) is 5.92 Å². The van der Waals surface area contributed by atoms with Gasteiger partial charge in [0.1, 0.15) is 11.6 Å². The van der Waals surface area contributed by atoms with Gasteiger partial charge in [0.2, 0.25) is 11.9 Å². The molecule has 0 aliphatic heterocycles. The number of aromatic amines is 1. The smallest absolute Gasteiger partial charge is 0.267 e. The Hall–Kier alpha value is -3.95. The number of nitrogens with two attached hydrogens (primary N) is 2. The molecule has 10 heteroatoms. The molecule has 2 aromatic heterocycles. The number of hydrogen-bond acceptors (Lipinski definition) is 7. The Morgan fingerprint density at radius 2 is 1.97 bits per heavy atom. The minimum atomic E-state index is -0.936. The first kappa shape index (κ1) is 20.8. The molecule has 1 atom stereocenters. The van der Waals surface area contributed by atoms with E-state index in [-0.39, 0.29) is 23.2 Å². The second kappa shape index (κ2) is 8.60. The fourth-order valence-electron chi connectivity index (χ4n) is 3.03. The lowest BCUT2D eigenvalue weighted by molar-refractivity contribution is -0.119. The fraction of sp³-hybridized carbons (Fsp3) is 0.250. The first-order valence-corrected chi connectivity index (χ1v) is 9.36. The molecule has 2 amide bonds. The lowest BCUT2D eigenvalue weighted by atomic mass is 10.0. The zero-order valence-corrected chi connectivity index (χ0v) is 16.6. The van der Waals surface area contributed by atoms with E-state index >= 15 is 0 Å². The van der Waals surface area contributed by atoms with E-state index < -0.39 is 23.4 Å². The van der Waals surface area contributed by atoms with Crippen LogP contribution in [-0.2, 0) is 4.79 Å². The Kier molecular flexibility index (Phi) is 5.95. The van der Waals surface area contributed by atoms with Gasteiger partial charge in [-0.25, -0.2) is 0 Å². The number of hydrogen-bond donors (Lipinski definition) is 5. The summed E-state index contributed by atoms with van der Waals surface area (Å²) in [5.41, 5.74) is 11.1. The monoisotopic (exact) mass is 409 g/mol. The maximum Gasteiger partial charge on any atom is 0.267 e. The van der Waals surface area contributed by atoms with Crippen molar-refractivity contribution < 1.29 is 9.59 Å². The highest BCUT2D eigenvalue weighted by molar-refractivity contribution is 5.98. The predicted octanol–water partition coefficient (Wildman–Crippen LogP) is 1.47. The number of anilines is 3. The van der Waals surface area contributed by atoms with E-state index in [1.165, 1.54) is 0 Å². The van der Waals surface area contributed by atoms with Crippen LogP contribution >= 0.6 is 0 Å². The zero-order chi connectivity index (χ0) is 21.8. The summed E-state index contributed by atoms with van der Waals surface area (Å²) in [6, 6.07) is 8.26. The van der Waals surface area contributed by atoms with Gasteiger partial charge in [0, 0.05) is 17.3 Å². The summed E-state index contributed by atoms with van der Waals surface area (Å²) in [6.07, 6.45) is 2.13. The van der Waals surface area contributed by atoms with Gasteiger partial charge >= 0.3 is 0 Å². The number of rotatable bonds is 8. The summed E-state index contributed by atoms with van der Waals surface area (Å²) < 4.78 is 0. The fourth-order valence-corrected chi connectivity index (χ4v) is 3.03. The largest absolute Gasteiger partial charge is 0.368 e. The van der Waals surface area contributed by atoms with Crippen LogP contribution in [0.3, 0.4) is 0 Å². The number of benzene rings is 1. The van der Waals surface area contributed by atoms with Crippen LogP contribution in [0.25, 0.3) is 10.9 Å². The molecule has 0 saturated carbocycles. The average molecular weight is 409 g/mol. The minimum absolute atomic E-state index is 0.000550. The van der Waals surface area contributed by atoms with Crippen LogP contribution in [-0.4, -0.2) is 32.8 Å². The molecule has 0 radical (unpaired) electrons. The van der Waals surface area contributed by atoms with Crippen molar-refractivity contribution in [3.05, 3.63) is 52.4 Å². The van der Waals surface area contributed by atoms with Crippen LogP contribution in [0.2, 0.25) is 0 Å². The molecule has 7 N–H and O–H groups in total. The van der Waals surface area contributed by atoms with E-state index in [2.05, 4.69) is 25.6 Å². The van der Waals surface area contributed by atoms with Gasteiger partial charge in [-0.15, -0.1) is 0 Å². The van der Waals surface area contributed by atoms with Crippen molar-refractivity contribution in [1.82, 2.24) is 15.0 Å². The standard InChI is InChI=1S/C20H23N7O3/c1-10(2)8-14(16(21)28)25-20-26-18(15(17(22)29)19(30)27-20)24-12-5-6-13-11(9-12)4-3-7-23-13/h3-7,9-10,14H,8H2,1-2H3,(H2,21,28)(H2,22,29)(H3,24,25,26,27,30). The Balaban J connectivity index is 1.99. The van der Waals surface area contributed by atoms with Crippen LogP contribution in [0.4, 0.5) is 17.5 Å². The maximum atomic E-state index is 12.5. The number of amides is 2. The van der Waals surface area contributed by atoms with E-state index in [1.54, 1.807) is 30.5 Å². The molecule has 30 heavy (non-hydrogen) atoms. The van der Waals surface area contributed by atoms with Crippen molar-refractivity contribution in [2.45, 2.75) is 26.3 Å². The Bertz CT molecular complexity index is 1160.